The van der Waals surface area contributed by atoms with Gasteiger partial charge in [-0.2, -0.15) is 5.26 Å². The number of carbonyl (C=O) groups excluding carboxylic acids is 3. The maximum Gasteiger partial charge on any atom is 0.255 e. The highest BCUT2D eigenvalue weighted by Crippen LogP contribution is 2.30. The molecule has 42 heavy (non-hydrogen) atoms. The van der Waals surface area contributed by atoms with Gasteiger partial charge in [0.15, 0.2) is 0 Å². The van der Waals surface area contributed by atoms with Crippen LogP contribution in [0.5, 0.6) is 0 Å². The lowest BCUT2D eigenvalue weighted by molar-refractivity contribution is 0.0766. The SMILES string of the molecule is N#Cc1ccc(C(=O)Nc2cc(C(=O)NC3CCC(N)CC3)ccc2N2CCCN(C(=O)c3ccccc3)CC2)cc1. The number of hydrogen-bond acceptors (Lipinski definition) is 6. The summed E-state index contributed by atoms with van der Waals surface area (Å²) in [4.78, 5) is 43.6. The van der Waals surface area contributed by atoms with Crippen molar-refractivity contribution in [3.63, 3.8) is 0 Å². The van der Waals surface area contributed by atoms with Crippen LogP contribution in [0, 0.1) is 11.3 Å². The Hall–Kier alpha value is -4.68. The van der Waals surface area contributed by atoms with Crippen molar-refractivity contribution in [1.82, 2.24) is 10.2 Å². The van der Waals surface area contributed by atoms with Gasteiger partial charge in [0.05, 0.1) is 23.0 Å². The van der Waals surface area contributed by atoms with Gasteiger partial charge in [-0.1, -0.05) is 18.2 Å². The lowest BCUT2D eigenvalue weighted by Crippen LogP contribution is -2.40. The van der Waals surface area contributed by atoms with Gasteiger partial charge < -0.3 is 26.2 Å². The van der Waals surface area contributed by atoms with Crippen LogP contribution in [0.1, 0.15) is 68.7 Å². The van der Waals surface area contributed by atoms with Crippen molar-refractivity contribution >= 4 is 29.1 Å². The fourth-order valence-corrected chi connectivity index (χ4v) is 5.60. The molecule has 3 aromatic rings. The van der Waals surface area contributed by atoms with Gasteiger partial charge in [0.25, 0.3) is 17.7 Å². The van der Waals surface area contributed by atoms with E-state index in [2.05, 4.69) is 21.6 Å². The van der Waals surface area contributed by atoms with Crippen LogP contribution in [-0.4, -0.2) is 60.9 Å². The third kappa shape index (κ3) is 6.96. The first-order valence-electron chi connectivity index (χ1n) is 14.5. The number of rotatable bonds is 6. The molecule has 9 heteroatoms. The van der Waals surface area contributed by atoms with Crippen molar-refractivity contribution in [2.75, 3.05) is 36.4 Å². The van der Waals surface area contributed by atoms with Gasteiger partial charge in [-0.15, -0.1) is 0 Å². The van der Waals surface area contributed by atoms with E-state index in [4.69, 9.17) is 11.0 Å². The number of nitrogens with zero attached hydrogens (tertiary/aromatic N) is 3. The molecule has 0 aromatic heterocycles. The number of carbonyl (C=O) groups is 3. The summed E-state index contributed by atoms with van der Waals surface area (Å²) < 4.78 is 0. The number of amides is 3. The zero-order valence-electron chi connectivity index (χ0n) is 23.6. The van der Waals surface area contributed by atoms with Crippen LogP contribution < -0.4 is 21.3 Å². The molecule has 4 N–H and O–H groups in total. The average molecular weight is 565 g/mol. The molecule has 1 heterocycles. The van der Waals surface area contributed by atoms with Gasteiger partial charge in [-0.3, -0.25) is 14.4 Å². The zero-order valence-corrected chi connectivity index (χ0v) is 23.6. The largest absolute Gasteiger partial charge is 0.368 e. The van der Waals surface area contributed by atoms with E-state index in [9.17, 15) is 14.4 Å². The first kappa shape index (κ1) is 28.8. The summed E-state index contributed by atoms with van der Waals surface area (Å²) in [5.41, 5.74) is 9.32. The van der Waals surface area contributed by atoms with Crippen LogP contribution >= 0.6 is 0 Å². The molecular formula is C33H36N6O3. The van der Waals surface area contributed by atoms with E-state index in [1.165, 1.54) is 0 Å². The average Bonchev–Trinajstić information content (AvgIpc) is 3.28. The molecule has 2 fully saturated rings. The predicted octanol–water partition coefficient (Wildman–Crippen LogP) is 4.16. The molecule has 0 radical (unpaired) electrons. The van der Waals surface area contributed by atoms with E-state index in [0.717, 1.165) is 37.8 Å². The molecule has 9 nitrogen and oxygen atoms in total. The summed E-state index contributed by atoms with van der Waals surface area (Å²) in [6.45, 7) is 2.42. The summed E-state index contributed by atoms with van der Waals surface area (Å²) in [5, 5.41) is 15.2. The second-order valence-corrected chi connectivity index (χ2v) is 11.0. The second-order valence-electron chi connectivity index (χ2n) is 11.0. The fraction of sp³-hybridized carbons (Fsp3) is 0.333. The van der Waals surface area contributed by atoms with E-state index >= 15 is 0 Å². The molecule has 0 bridgehead atoms. The lowest BCUT2D eigenvalue weighted by Gasteiger charge is -2.28. The van der Waals surface area contributed by atoms with Gasteiger partial charge in [0.2, 0.25) is 0 Å². The monoisotopic (exact) mass is 564 g/mol. The molecule has 1 saturated heterocycles. The van der Waals surface area contributed by atoms with Gasteiger partial charge in [0.1, 0.15) is 0 Å². The second kappa shape index (κ2) is 13.3. The Balaban J connectivity index is 1.36. The van der Waals surface area contributed by atoms with Crippen molar-refractivity contribution in [2.45, 2.75) is 44.2 Å². The van der Waals surface area contributed by atoms with Crippen LogP contribution in [0.4, 0.5) is 11.4 Å². The Morgan fingerprint density at radius 2 is 1.50 bits per heavy atom. The molecular weight excluding hydrogens is 528 g/mol. The van der Waals surface area contributed by atoms with Gasteiger partial charge in [-0.25, -0.2) is 0 Å². The summed E-state index contributed by atoms with van der Waals surface area (Å²) in [5.74, 6) is -0.524. The van der Waals surface area contributed by atoms with Crippen LogP contribution in [0.25, 0.3) is 0 Å². The van der Waals surface area contributed by atoms with Gasteiger partial charge in [0, 0.05) is 55.0 Å². The predicted molar refractivity (Wildman–Crippen MR) is 162 cm³/mol. The quantitative estimate of drug-likeness (QED) is 0.412. The Bertz CT molecular complexity index is 1460. The topological polar surface area (TPSA) is 132 Å². The first-order chi connectivity index (χ1) is 20.4. The van der Waals surface area contributed by atoms with Gasteiger partial charge >= 0.3 is 0 Å². The summed E-state index contributed by atoms with van der Waals surface area (Å²) >= 11 is 0. The molecule has 0 unspecified atom stereocenters. The number of nitrogens with two attached hydrogens (primary N) is 1. The van der Waals surface area contributed by atoms with E-state index in [-0.39, 0.29) is 29.8 Å². The molecule has 0 atom stereocenters. The molecule has 3 aromatic carbocycles. The molecule has 216 valence electrons. The lowest BCUT2D eigenvalue weighted by atomic mass is 9.91. The summed E-state index contributed by atoms with van der Waals surface area (Å²) in [6.07, 6.45) is 4.22. The molecule has 0 spiro atoms. The standard InChI is InChI=1S/C33H36N6O3/c34-22-23-7-9-24(10-8-23)31(40)37-29-21-26(32(41)36-28-14-12-27(35)13-15-28)11-16-30(29)38-17-4-18-39(20-19-38)33(42)25-5-2-1-3-6-25/h1-3,5-11,16,21,27-28H,4,12-15,17-20,35H2,(H,36,41)(H,37,40). The Morgan fingerprint density at radius 1 is 0.786 bits per heavy atom. The number of nitriles is 1. The van der Waals surface area contributed by atoms with E-state index in [1.54, 1.807) is 36.4 Å². The van der Waals surface area contributed by atoms with Crippen LogP contribution in [0.2, 0.25) is 0 Å². The minimum Gasteiger partial charge on any atom is -0.368 e. The molecule has 3 amide bonds. The summed E-state index contributed by atoms with van der Waals surface area (Å²) in [6, 6.07) is 23.4. The van der Waals surface area contributed by atoms with Crippen LogP contribution in [0.3, 0.4) is 0 Å². The van der Waals surface area contributed by atoms with Gasteiger partial charge in [-0.05, 0) is 86.7 Å². The van der Waals surface area contributed by atoms with Crippen LogP contribution in [0.15, 0.2) is 72.8 Å². The normalized spacial score (nSPS) is 18.9. The maximum atomic E-state index is 13.3. The van der Waals surface area contributed by atoms with Crippen molar-refractivity contribution in [2.24, 2.45) is 5.73 Å². The third-order valence-electron chi connectivity index (χ3n) is 8.03. The third-order valence-corrected chi connectivity index (χ3v) is 8.03. The van der Waals surface area contributed by atoms with E-state index < -0.39 is 0 Å². The van der Waals surface area contributed by atoms with Crippen molar-refractivity contribution < 1.29 is 14.4 Å². The van der Waals surface area contributed by atoms with Crippen LogP contribution in [-0.2, 0) is 0 Å². The number of anilines is 2. The highest BCUT2D eigenvalue weighted by atomic mass is 16.2. The smallest absolute Gasteiger partial charge is 0.255 e. The summed E-state index contributed by atoms with van der Waals surface area (Å²) in [7, 11) is 0. The molecule has 5 rings (SSSR count). The zero-order chi connectivity index (χ0) is 29.5. The Labute approximate surface area is 246 Å². The number of hydrogen-bond donors (Lipinski definition) is 3. The molecule has 1 aliphatic heterocycles. The minimum absolute atomic E-state index is 0.00230. The number of nitrogens with one attached hydrogen (secondary N) is 2. The fourth-order valence-electron chi connectivity index (χ4n) is 5.60. The van der Waals surface area contributed by atoms with Crippen molar-refractivity contribution in [3.05, 3.63) is 95.1 Å². The molecule has 1 saturated carbocycles. The van der Waals surface area contributed by atoms with Crippen molar-refractivity contribution in [1.29, 1.82) is 5.26 Å². The highest BCUT2D eigenvalue weighted by molar-refractivity contribution is 6.07. The Kier molecular flexibility index (Phi) is 9.15. The van der Waals surface area contributed by atoms with E-state index in [0.29, 0.717) is 54.1 Å². The van der Waals surface area contributed by atoms with E-state index in [1.807, 2.05) is 41.3 Å². The minimum atomic E-state index is -0.338. The number of benzene rings is 3. The molecule has 2 aliphatic rings. The van der Waals surface area contributed by atoms with Crippen molar-refractivity contribution in [3.8, 4) is 6.07 Å². The Morgan fingerprint density at radius 3 is 2.21 bits per heavy atom. The molecule has 1 aliphatic carbocycles. The highest BCUT2D eigenvalue weighted by Gasteiger charge is 2.24. The maximum absolute atomic E-state index is 13.3. The first-order valence-corrected chi connectivity index (χ1v) is 14.5.